The number of anilines is 1. The Morgan fingerprint density at radius 3 is 2.57 bits per heavy atom. The van der Waals surface area contributed by atoms with Gasteiger partial charge in [-0.05, 0) is 18.6 Å². The molecule has 0 aliphatic carbocycles. The minimum atomic E-state index is -3.49. The number of hydrogen-bond donors (Lipinski definition) is 1. The van der Waals surface area contributed by atoms with Crippen molar-refractivity contribution < 1.29 is 8.42 Å². The Bertz CT molecular complexity index is 411. The number of rotatable bonds is 3. The van der Waals surface area contributed by atoms with Gasteiger partial charge in [-0.25, -0.2) is 8.42 Å². The monoisotopic (exact) mass is 253 g/mol. The Kier molecular flexibility index (Phi) is 3.64. The van der Waals surface area contributed by atoms with Crippen molar-refractivity contribution >= 4 is 38.9 Å². The Labute approximate surface area is 93.1 Å². The van der Waals surface area contributed by atoms with Crippen LogP contribution in [0.4, 0.5) is 5.69 Å². The molecule has 0 spiro atoms. The maximum atomic E-state index is 11.2. The lowest BCUT2D eigenvalue weighted by atomic mass is 10.2. The molecule has 1 aromatic carbocycles. The standard InChI is InChI=1S/C8H9Cl2NO2S/c1-6-3-2-4-7(10)8(6)11-14(12,13)5-9/h2-4,11H,5H2,1H3. The van der Waals surface area contributed by atoms with Crippen LogP contribution in [-0.2, 0) is 10.0 Å². The van der Waals surface area contributed by atoms with Crippen molar-refractivity contribution in [2.45, 2.75) is 6.92 Å². The van der Waals surface area contributed by atoms with Gasteiger partial charge in [-0.15, -0.1) is 11.6 Å². The zero-order chi connectivity index (χ0) is 10.8. The van der Waals surface area contributed by atoms with E-state index in [-0.39, 0.29) is 0 Å². The quantitative estimate of drug-likeness (QED) is 0.842. The van der Waals surface area contributed by atoms with Crippen LogP contribution in [0.2, 0.25) is 5.02 Å². The topological polar surface area (TPSA) is 46.2 Å². The summed E-state index contributed by atoms with van der Waals surface area (Å²) in [6.45, 7) is 1.76. The van der Waals surface area contributed by atoms with E-state index in [4.69, 9.17) is 23.2 Å². The van der Waals surface area contributed by atoms with Crippen molar-refractivity contribution in [1.29, 1.82) is 0 Å². The molecule has 0 saturated heterocycles. The van der Waals surface area contributed by atoms with Crippen molar-refractivity contribution in [3.05, 3.63) is 28.8 Å². The van der Waals surface area contributed by atoms with Gasteiger partial charge in [0, 0.05) is 0 Å². The van der Waals surface area contributed by atoms with Crippen LogP contribution in [0.15, 0.2) is 18.2 Å². The van der Waals surface area contributed by atoms with Crippen LogP contribution in [-0.4, -0.2) is 13.6 Å². The number of halogens is 2. The first-order valence-electron chi connectivity index (χ1n) is 3.78. The second-order valence-electron chi connectivity index (χ2n) is 2.76. The number of aryl methyl sites for hydroxylation is 1. The van der Waals surface area contributed by atoms with Gasteiger partial charge in [0.05, 0.1) is 10.7 Å². The lowest BCUT2D eigenvalue weighted by Crippen LogP contribution is -2.14. The Morgan fingerprint density at radius 2 is 2.07 bits per heavy atom. The molecule has 0 aliphatic heterocycles. The molecule has 0 radical (unpaired) electrons. The molecule has 0 heterocycles. The van der Waals surface area contributed by atoms with Crippen LogP contribution in [0, 0.1) is 6.92 Å². The average molecular weight is 254 g/mol. The highest BCUT2D eigenvalue weighted by atomic mass is 35.5. The molecule has 0 fully saturated rings. The summed E-state index contributed by atoms with van der Waals surface area (Å²) in [5.41, 5.74) is 1.14. The molecule has 1 rings (SSSR count). The molecule has 3 nitrogen and oxygen atoms in total. The van der Waals surface area contributed by atoms with Crippen LogP contribution >= 0.6 is 23.2 Å². The Morgan fingerprint density at radius 1 is 1.43 bits per heavy atom. The van der Waals surface area contributed by atoms with Gasteiger partial charge in [0.25, 0.3) is 0 Å². The first-order chi connectivity index (χ1) is 6.46. The summed E-state index contributed by atoms with van der Waals surface area (Å²) in [7, 11) is -3.49. The summed E-state index contributed by atoms with van der Waals surface area (Å²) >= 11 is 11.1. The summed E-state index contributed by atoms with van der Waals surface area (Å²) in [4.78, 5) is 0. The predicted octanol–water partition coefficient (Wildman–Crippen LogP) is 2.59. The zero-order valence-corrected chi connectivity index (χ0v) is 9.75. The smallest absolute Gasteiger partial charge is 0.246 e. The van der Waals surface area contributed by atoms with Crippen LogP contribution in [0.5, 0.6) is 0 Å². The van der Waals surface area contributed by atoms with Crippen molar-refractivity contribution in [2.75, 3.05) is 9.93 Å². The molecule has 0 aliphatic rings. The second-order valence-corrected chi connectivity index (χ2v) is 5.47. The fourth-order valence-corrected chi connectivity index (χ4v) is 2.07. The molecule has 0 atom stereocenters. The normalized spacial score (nSPS) is 11.4. The first-order valence-corrected chi connectivity index (χ1v) is 6.34. The maximum Gasteiger partial charge on any atom is 0.246 e. The molecule has 0 unspecified atom stereocenters. The first kappa shape index (κ1) is 11.6. The molecule has 14 heavy (non-hydrogen) atoms. The largest absolute Gasteiger partial charge is 0.281 e. The minimum Gasteiger partial charge on any atom is -0.281 e. The lowest BCUT2D eigenvalue weighted by Gasteiger charge is -2.09. The van der Waals surface area contributed by atoms with Crippen molar-refractivity contribution in [3.63, 3.8) is 0 Å². The molecule has 6 heteroatoms. The second kappa shape index (κ2) is 4.38. The molecule has 1 aromatic rings. The lowest BCUT2D eigenvalue weighted by molar-refractivity contribution is 0.605. The van der Waals surface area contributed by atoms with E-state index in [0.717, 1.165) is 5.56 Å². The van der Waals surface area contributed by atoms with Gasteiger partial charge in [0.2, 0.25) is 10.0 Å². The van der Waals surface area contributed by atoms with Gasteiger partial charge in [0.1, 0.15) is 5.21 Å². The van der Waals surface area contributed by atoms with Crippen LogP contribution < -0.4 is 4.72 Å². The van der Waals surface area contributed by atoms with E-state index in [1.807, 2.05) is 0 Å². The molecular weight excluding hydrogens is 245 g/mol. The van der Waals surface area contributed by atoms with Gasteiger partial charge in [-0.3, -0.25) is 4.72 Å². The molecule has 78 valence electrons. The van der Waals surface area contributed by atoms with Gasteiger partial charge >= 0.3 is 0 Å². The highest BCUT2D eigenvalue weighted by Crippen LogP contribution is 2.26. The van der Waals surface area contributed by atoms with Crippen molar-refractivity contribution in [1.82, 2.24) is 0 Å². The van der Waals surface area contributed by atoms with Crippen LogP contribution in [0.3, 0.4) is 0 Å². The summed E-state index contributed by atoms with van der Waals surface area (Å²) < 4.78 is 24.7. The van der Waals surface area contributed by atoms with Gasteiger partial charge in [0.15, 0.2) is 0 Å². The summed E-state index contributed by atoms with van der Waals surface area (Å²) in [6.07, 6.45) is 0. The summed E-state index contributed by atoms with van der Waals surface area (Å²) in [6, 6.07) is 5.12. The average Bonchev–Trinajstić information content (AvgIpc) is 2.12. The van der Waals surface area contributed by atoms with Gasteiger partial charge < -0.3 is 0 Å². The van der Waals surface area contributed by atoms with E-state index < -0.39 is 15.2 Å². The van der Waals surface area contributed by atoms with Gasteiger partial charge in [-0.2, -0.15) is 0 Å². The van der Waals surface area contributed by atoms with E-state index in [1.165, 1.54) is 0 Å². The highest BCUT2D eigenvalue weighted by molar-refractivity contribution is 7.93. The van der Waals surface area contributed by atoms with Crippen molar-refractivity contribution in [2.24, 2.45) is 0 Å². The molecule has 0 bridgehead atoms. The Hall–Kier alpha value is -0.450. The molecule has 0 amide bonds. The number of sulfonamides is 1. The molecular formula is C8H9Cl2NO2S. The van der Waals surface area contributed by atoms with Crippen LogP contribution in [0.1, 0.15) is 5.56 Å². The SMILES string of the molecule is Cc1cccc(Cl)c1NS(=O)(=O)CCl. The fraction of sp³-hybridized carbons (Fsp3) is 0.250. The number of nitrogens with one attached hydrogen (secondary N) is 1. The zero-order valence-electron chi connectivity index (χ0n) is 7.42. The minimum absolute atomic E-state index is 0.360. The highest BCUT2D eigenvalue weighted by Gasteiger charge is 2.12. The number of hydrogen-bond acceptors (Lipinski definition) is 2. The van der Waals surface area contributed by atoms with E-state index in [2.05, 4.69) is 4.72 Å². The Balaban J connectivity index is 3.09. The fourth-order valence-electron chi connectivity index (χ4n) is 0.944. The van der Waals surface area contributed by atoms with Gasteiger partial charge in [-0.1, -0.05) is 23.7 Å². The van der Waals surface area contributed by atoms with E-state index in [0.29, 0.717) is 10.7 Å². The van der Waals surface area contributed by atoms with E-state index in [1.54, 1.807) is 25.1 Å². The molecule has 0 aromatic heterocycles. The number of para-hydroxylation sites is 1. The van der Waals surface area contributed by atoms with E-state index in [9.17, 15) is 8.42 Å². The third-order valence-corrected chi connectivity index (χ3v) is 3.60. The predicted molar refractivity (Wildman–Crippen MR) is 59.5 cm³/mol. The summed E-state index contributed by atoms with van der Waals surface area (Å²) in [5, 5.41) is -0.129. The third kappa shape index (κ3) is 2.77. The number of alkyl halides is 1. The summed E-state index contributed by atoms with van der Waals surface area (Å²) in [5.74, 6) is 0. The van der Waals surface area contributed by atoms with E-state index >= 15 is 0 Å². The number of benzene rings is 1. The third-order valence-electron chi connectivity index (χ3n) is 1.62. The maximum absolute atomic E-state index is 11.2. The van der Waals surface area contributed by atoms with Crippen LogP contribution in [0.25, 0.3) is 0 Å². The molecule has 1 N–H and O–H groups in total. The molecule has 0 saturated carbocycles. The van der Waals surface area contributed by atoms with Crippen molar-refractivity contribution in [3.8, 4) is 0 Å².